The molecule has 1 aromatic carbocycles. The molecule has 5 nitrogen and oxygen atoms in total. The second-order valence-corrected chi connectivity index (χ2v) is 6.40. The second-order valence-electron chi connectivity index (χ2n) is 5.62. The highest BCUT2D eigenvalue weighted by atomic mass is 32.1. The fourth-order valence-electron chi connectivity index (χ4n) is 2.70. The van der Waals surface area contributed by atoms with Crippen LogP contribution in [0.25, 0.3) is 16.9 Å². The van der Waals surface area contributed by atoms with Crippen LogP contribution in [0.15, 0.2) is 47.3 Å². The van der Waals surface area contributed by atoms with Gasteiger partial charge in [0.15, 0.2) is 0 Å². The van der Waals surface area contributed by atoms with Crippen molar-refractivity contribution in [1.82, 2.24) is 19.9 Å². The molecular weight excluding hydrogens is 308 g/mol. The van der Waals surface area contributed by atoms with Crippen LogP contribution < -0.4 is 0 Å². The smallest absolute Gasteiger partial charge is 0.114 e. The van der Waals surface area contributed by atoms with Crippen LogP contribution in [0.4, 0.5) is 0 Å². The van der Waals surface area contributed by atoms with Gasteiger partial charge in [0, 0.05) is 30.6 Å². The van der Waals surface area contributed by atoms with Gasteiger partial charge >= 0.3 is 0 Å². The van der Waals surface area contributed by atoms with E-state index in [0.29, 0.717) is 0 Å². The lowest BCUT2D eigenvalue weighted by atomic mass is 10.2. The van der Waals surface area contributed by atoms with Gasteiger partial charge in [0.2, 0.25) is 0 Å². The van der Waals surface area contributed by atoms with Crippen molar-refractivity contribution in [3.63, 3.8) is 0 Å². The molecule has 1 fully saturated rings. The number of rotatable bonds is 4. The molecule has 0 bridgehead atoms. The SMILES string of the molecule is c1cc(-c2cn(-c3ccc(CN4CCOCC4)cc3)nn2)cs1. The maximum absolute atomic E-state index is 5.39. The molecule has 23 heavy (non-hydrogen) atoms. The second kappa shape index (κ2) is 6.62. The molecule has 118 valence electrons. The maximum atomic E-state index is 5.39. The van der Waals surface area contributed by atoms with Crippen molar-refractivity contribution in [1.29, 1.82) is 0 Å². The predicted octanol–water partition coefficient (Wildman–Crippen LogP) is 2.83. The molecule has 1 saturated heterocycles. The molecule has 0 aliphatic carbocycles. The van der Waals surface area contributed by atoms with Gasteiger partial charge in [-0.2, -0.15) is 11.3 Å². The molecule has 0 N–H and O–H groups in total. The van der Waals surface area contributed by atoms with Gasteiger partial charge in [-0.25, -0.2) is 4.68 Å². The van der Waals surface area contributed by atoms with Gasteiger partial charge in [-0.15, -0.1) is 5.10 Å². The maximum Gasteiger partial charge on any atom is 0.114 e. The first-order chi connectivity index (χ1) is 11.4. The molecule has 2 aromatic heterocycles. The van der Waals surface area contributed by atoms with E-state index in [-0.39, 0.29) is 0 Å². The van der Waals surface area contributed by atoms with Crippen LogP contribution in [-0.4, -0.2) is 46.2 Å². The third kappa shape index (κ3) is 3.34. The lowest BCUT2D eigenvalue weighted by Crippen LogP contribution is -2.35. The summed E-state index contributed by atoms with van der Waals surface area (Å²) in [6.45, 7) is 4.66. The minimum atomic E-state index is 0.836. The highest BCUT2D eigenvalue weighted by molar-refractivity contribution is 7.08. The first-order valence-electron chi connectivity index (χ1n) is 7.73. The Bertz CT molecular complexity index is 745. The van der Waals surface area contributed by atoms with Crippen LogP contribution in [-0.2, 0) is 11.3 Å². The number of hydrogen-bond donors (Lipinski definition) is 0. The topological polar surface area (TPSA) is 43.2 Å². The summed E-state index contributed by atoms with van der Waals surface area (Å²) in [6.07, 6.45) is 1.97. The summed E-state index contributed by atoms with van der Waals surface area (Å²) >= 11 is 1.67. The summed E-state index contributed by atoms with van der Waals surface area (Å²) in [5.74, 6) is 0. The van der Waals surface area contributed by atoms with E-state index in [4.69, 9.17) is 4.74 Å². The number of aromatic nitrogens is 3. The van der Waals surface area contributed by atoms with Crippen molar-refractivity contribution in [2.45, 2.75) is 6.54 Å². The van der Waals surface area contributed by atoms with Crippen LogP contribution in [0.1, 0.15) is 5.56 Å². The Hall–Kier alpha value is -2.02. The van der Waals surface area contributed by atoms with Crippen LogP contribution >= 0.6 is 11.3 Å². The first kappa shape index (κ1) is 14.6. The molecule has 0 spiro atoms. The summed E-state index contributed by atoms with van der Waals surface area (Å²) < 4.78 is 7.21. The van der Waals surface area contributed by atoms with E-state index in [2.05, 4.69) is 56.3 Å². The quantitative estimate of drug-likeness (QED) is 0.739. The van der Waals surface area contributed by atoms with Crippen molar-refractivity contribution < 1.29 is 4.74 Å². The molecule has 4 rings (SSSR count). The molecule has 1 aliphatic rings. The summed E-state index contributed by atoms with van der Waals surface area (Å²) in [5, 5.41) is 12.6. The van der Waals surface area contributed by atoms with Crippen molar-refractivity contribution in [3.05, 3.63) is 52.9 Å². The lowest BCUT2D eigenvalue weighted by Gasteiger charge is -2.26. The Morgan fingerprint density at radius 1 is 1.09 bits per heavy atom. The highest BCUT2D eigenvalue weighted by Gasteiger charge is 2.11. The van der Waals surface area contributed by atoms with Crippen molar-refractivity contribution in [2.75, 3.05) is 26.3 Å². The molecule has 0 radical (unpaired) electrons. The van der Waals surface area contributed by atoms with Gasteiger partial charge in [0.25, 0.3) is 0 Å². The average Bonchev–Trinajstić information content (AvgIpc) is 3.28. The Balaban J connectivity index is 1.47. The molecular formula is C17H18N4OS. The Morgan fingerprint density at radius 3 is 2.65 bits per heavy atom. The van der Waals surface area contributed by atoms with Gasteiger partial charge < -0.3 is 4.74 Å². The van der Waals surface area contributed by atoms with E-state index >= 15 is 0 Å². The third-order valence-electron chi connectivity index (χ3n) is 4.02. The Labute approximate surface area is 139 Å². The van der Waals surface area contributed by atoms with E-state index in [0.717, 1.165) is 49.8 Å². The standard InChI is InChI=1S/C17H18N4OS/c1-3-16(4-2-14(1)11-20-6-8-22-9-7-20)21-12-17(18-19-21)15-5-10-23-13-15/h1-5,10,12-13H,6-9,11H2. The minimum Gasteiger partial charge on any atom is -0.379 e. The number of ether oxygens (including phenoxy) is 1. The molecule has 0 unspecified atom stereocenters. The molecule has 1 aliphatic heterocycles. The van der Waals surface area contributed by atoms with Crippen molar-refractivity contribution >= 4 is 11.3 Å². The van der Waals surface area contributed by atoms with Gasteiger partial charge in [0.1, 0.15) is 5.69 Å². The largest absolute Gasteiger partial charge is 0.379 e. The number of hydrogen-bond acceptors (Lipinski definition) is 5. The van der Waals surface area contributed by atoms with E-state index in [1.807, 2.05) is 10.9 Å². The summed E-state index contributed by atoms with van der Waals surface area (Å²) in [7, 11) is 0. The fourth-order valence-corrected chi connectivity index (χ4v) is 3.35. The third-order valence-corrected chi connectivity index (χ3v) is 4.70. The highest BCUT2D eigenvalue weighted by Crippen LogP contribution is 2.20. The monoisotopic (exact) mass is 326 g/mol. The lowest BCUT2D eigenvalue weighted by molar-refractivity contribution is 0.0342. The Morgan fingerprint density at radius 2 is 1.91 bits per heavy atom. The number of morpholine rings is 1. The van der Waals surface area contributed by atoms with E-state index in [1.165, 1.54) is 5.56 Å². The fraction of sp³-hybridized carbons (Fsp3) is 0.294. The van der Waals surface area contributed by atoms with Crippen LogP contribution in [0.2, 0.25) is 0 Å². The summed E-state index contributed by atoms with van der Waals surface area (Å²) in [6, 6.07) is 10.6. The van der Waals surface area contributed by atoms with Gasteiger partial charge in [-0.1, -0.05) is 17.3 Å². The van der Waals surface area contributed by atoms with Gasteiger partial charge in [-0.3, -0.25) is 4.90 Å². The predicted molar refractivity (Wildman–Crippen MR) is 90.8 cm³/mol. The van der Waals surface area contributed by atoms with Crippen LogP contribution in [0, 0.1) is 0 Å². The zero-order valence-electron chi connectivity index (χ0n) is 12.8. The average molecular weight is 326 g/mol. The molecule has 3 aromatic rings. The molecule has 6 heteroatoms. The first-order valence-corrected chi connectivity index (χ1v) is 8.67. The molecule has 0 amide bonds. The number of benzene rings is 1. The van der Waals surface area contributed by atoms with Crippen molar-refractivity contribution in [3.8, 4) is 16.9 Å². The number of nitrogens with zero attached hydrogens (tertiary/aromatic N) is 4. The Kier molecular flexibility index (Phi) is 4.19. The minimum absolute atomic E-state index is 0.836. The molecule has 3 heterocycles. The van der Waals surface area contributed by atoms with Crippen LogP contribution in [0.5, 0.6) is 0 Å². The molecule has 0 atom stereocenters. The zero-order chi connectivity index (χ0) is 15.5. The normalized spacial score (nSPS) is 15.8. The van der Waals surface area contributed by atoms with Gasteiger partial charge in [-0.05, 0) is 29.1 Å². The molecule has 0 saturated carbocycles. The summed E-state index contributed by atoms with van der Waals surface area (Å²) in [5.41, 5.74) is 4.37. The van der Waals surface area contributed by atoms with Crippen LogP contribution in [0.3, 0.4) is 0 Å². The summed E-state index contributed by atoms with van der Waals surface area (Å²) in [4.78, 5) is 2.42. The van der Waals surface area contributed by atoms with Crippen molar-refractivity contribution in [2.24, 2.45) is 0 Å². The number of thiophene rings is 1. The van der Waals surface area contributed by atoms with E-state index < -0.39 is 0 Å². The zero-order valence-corrected chi connectivity index (χ0v) is 13.6. The van der Waals surface area contributed by atoms with E-state index in [9.17, 15) is 0 Å². The van der Waals surface area contributed by atoms with E-state index in [1.54, 1.807) is 11.3 Å². The van der Waals surface area contributed by atoms with Gasteiger partial charge in [0.05, 0.1) is 25.1 Å².